The Bertz CT molecular complexity index is 428. The molecule has 0 saturated heterocycles. The van der Waals surface area contributed by atoms with Crippen molar-refractivity contribution in [2.75, 3.05) is 6.61 Å². The monoisotopic (exact) mass is 372 g/mol. The minimum atomic E-state index is -1.47. The summed E-state index contributed by atoms with van der Waals surface area (Å²) < 4.78 is 5.77. The molecule has 0 unspecified atom stereocenters. The highest BCUT2D eigenvalue weighted by Gasteiger charge is 2.21. The lowest BCUT2D eigenvalue weighted by Crippen LogP contribution is -2.13. The average molecular weight is 373 g/mol. The molecule has 0 spiro atoms. The quantitative estimate of drug-likeness (QED) is 0.269. The largest absolute Gasteiger partial charge is 0.494 e. The molecule has 1 aliphatic rings. The first kappa shape index (κ1) is 19.1. The van der Waals surface area contributed by atoms with Gasteiger partial charge in [0.25, 0.3) is 0 Å². The molecule has 0 amide bonds. The lowest BCUT2D eigenvalue weighted by atomic mass is 9.77. The fourth-order valence-electron chi connectivity index (χ4n) is 3.54. The van der Waals surface area contributed by atoms with E-state index in [4.69, 9.17) is 26.9 Å². The first-order chi connectivity index (χ1) is 11.2. The molecule has 0 radical (unpaired) electrons. The van der Waals surface area contributed by atoms with Crippen LogP contribution in [0.15, 0.2) is 24.3 Å². The summed E-state index contributed by atoms with van der Waals surface area (Å²) in [5, 5.41) is 0. The van der Waals surface area contributed by atoms with Crippen molar-refractivity contribution in [1.29, 1.82) is 0 Å². The SMILES string of the molecule is CCCCC1CCC(c2ccc(OCCC[SiH](Cl)Cl)cc2)CC1. The van der Waals surface area contributed by atoms with Crippen molar-refractivity contribution in [2.24, 2.45) is 5.92 Å². The molecule has 23 heavy (non-hydrogen) atoms. The molecule has 1 saturated carbocycles. The molecule has 0 bridgehead atoms. The van der Waals surface area contributed by atoms with Gasteiger partial charge in [0.15, 0.2) is 0 Å². The van der Waals surface area contributed by atoms with E-state index >= 15 is 0 Å². The molecule has 1 aromatic carbocycles. The molecule has 0 atom stereocenters. The van der Waals surface area contributed by atoms with Crippen molar-refractivity contribution in [3.05, 3.63) is 29.8 Å². The lowest BCUT2D eigenvalue weighted by Gasteiger charge is -2.28. The summed E-state index contributed by atoms with van der Waals surface area (Å²) in [5.74, 6) is 2.69. The van der Waals surface area contributed by atoms with Gasteiger partial charge in [-0.2, -0.15) is 22.2 Å². The van der Waals surface area contributed by atoms with Gasteiger partial charge in [0.1, 0.15) is 5.75 Å². The van der Waals surface area contributed by atoms with Gasteiger partial charge in [-0.25, -0.2) is 0 Å². The minimum Gasteiger partial charge on any atom is -0.494 e. The zero-order valence-corrected chi connectivity index (χ0v) is 16.9. The van der Waals surface area contributed by atoms with Crippen molar-refractivity contribution in [1.82, 2.24) is 0 Å². The van der Waals surface area contributed by atoms with Crippen LogP contribution in [-0.2, 0) is 0 Å². The first-order valence-electron chi connectivity index (χ1n) is 9.20. The maximum Gasteiger partial charge on any atom is 0.237 e. The van der Waals surface area contributed by atoms with Crippen LogP contribution in [0.3, 0.4) is 0 Å². The predicted molar refractivity (Wildman–Crippen MR) is 104 cm³/mol. The highest BCUT2D eigenvalue weighted by atomic mass is 35.7. The van der Waals surface area contributed by atoms with Crippen molar-refractivity contribution in [3.63, 3.8) is 0 Å². The summed E-state index contributed by atoms with van der Waals surface area (Å²) in [4.78, 5) is 0. The lowest BCUT2D eigenvalue weighted by molar-refractivity contribution is 0.303. The molecule has 1 nitrogen and oxygen atoms in total. The molecule has 1 aliphatic carbocycles. The third-order valence-electron chi connectivity index (χ3n) is 5.00. The van der Waals surface area contributed by atoms with E-state index in [9.17, 15) is 0 Å². The third-order valence-corrected chi connectivity index (χ3v) is 7.15. The van der Waals surface area contributed by atoms with Gasteiger partial charge >= 0.3 is 0 Å². The first-order valence-corrected chi connectivity index (χ1v) is 13.5. The van der Waals surface area contributed by atoms with Crippen molar-refractivity contribution in [2.45, 2.75) is 70.3 Å². The molecular weight excluding hydrogens is 343 g/mol. The Balaban J connectivity index is 1.72. The second-order valence-electron chi connectivity index (χ2n) is 6.81. The van der Waals surface area contributed by atoms with Gasteiger partial charge in [0.2, 0.25) is 7.42 Å². The topological polar surface area (TPSA) is 9.23 Å². The van der Waals surface area contributed by atoms with Crippen LogP contribution in [0.2, 0.25) is 6.04 Å². The van der Waals surface area contributed by atoms with Crippen molar-refractivity contribution < 1.29 is 4.74 Å². The number of unbranched alkanes of at least 4 members (excludes halogenated alkanes) is 1. The normalized spacial score (nSPS) is 21.6. The van der Waals surface area contributed by atoms with Gasteiger partial charge in [-0.3, -0.25) is 0 Å². The summed E-state index contributed by atoms with van der Waals surface area (Å²) in [7, 11) is -1.47. The second kappa shape index (κ2) is 10.6. The maximum atomic E-state index is 5.85. The Hall–Kier alpha value is -0.183. The van der Waals surface area contributed by atoms with E-state index in [1.165, 1.54) is 50.5 Å². The summed E-state index contributed by atoms with van der Waals surface area (Å²) >= 11 is 11.7. The average Bonchev–Trinajstić information content (AvgIpc) is 2.58. The van der Waals surface area contributed by atoms with Crippen LogP contribution in [-0.4, -0.2) is 14.0 Å². The van der Waals surface area contributed by atoms with Crippen LogP contribution >= 0.6 is 22.2 Å². The molecule has 1 fully saturated rings. The fourth-order valence-corrected chi connectivity index (χ4v) is 4.94. The predicted octanol–water partition coefficient (Wildman–Crippen LogP) is 6.62. The highest BCUT2D eigenvalue weighted by molar-refractivity contribution is 7.33. The molecule has 0 aliphatic heterocycles. The van der Waals surface area contributed by atoms with Gasteiger partial charge in [0, 0.05) is 0 Å². The Morgan fingerprint density at radius 1 is 1.04 bits per heavy atom. The van der Waals surface area contributed by atoms with Crippen LogP contribution in [0.4, 0.5) is 0 Å². The second-order valence-corrected chi connectivity index (χ2v) is 12.0. The number of rotatable bonds is 9. The van der Waals surface area contributed by atoms with Crippen LogP contribution < -0.4 is 4.74 Å². The highest BCUT2D eigenvalue weighted by Crippen LogP contribution is 2.38. The summed E-state index contributed by atoms with van der Waals surface area (Å²) in [6, 6.07) is 9.67. The summed E-state index contributed by atoms with van der Waals surface area (Å²) in [6.07, 6.45) is 10.6. The summed E-state index contributed by atoms with van der Waals surface area (Å²) in [6.45, 7) is 3.01. The fraction of sp³-hybridized carbons (Fsp3) is 0.684. The van der Waals surface area contributed by atoms with Crippen LogP contribution in [0.5, 0.6) is 5.75 Å². The van der Waals surface area contributed by atoms with Crippen LogP contribution in [0, 0.1) is 5.92 Å². The van der Waals surface area contributed by atoms with Gasteiger partial charge in [-0.1, -0.05) is 38.3 Å². The van der Waals surface area contributed by atoms with E-state index in [1.807, 2.05) is 0 Å². The molecule has 130 valence electrons. The van der Waals surface area contributed by atoms with E-state index in [0.29, 0.717) is 6.61 Å². The zero-order valence-electron chi connectivity index (χ0n) is 14.3. The van der Waals surface area contributed by atoms with Gasteiger partial charge in [-0.05, 0) is 67.7 Å². The van der Waals surface area contributed by atoms with Gasteiger partial charge in [0.05, 0.1) is 6.61 Å². The third kappa shape index (κ3) is 7.07. The van der Waals surface area contributed by atoms with E-state index < -0.39 is 7.42 Å². The van der Waals surface area contributed by atoms with E-state index in [2.05, 4.69) is 31.2 Å². The van der Waals surface area contributed by atoms with Crippen LogP contribution in [0.25, 0.3) is 0 Å². The molecule has 0 heterocycles. The van der Waals surface area contributed by atoms with E-state index in [-0.39, 0.29) is 0 Å². The molecular formula is C19H30Cl2OSi. The number of ether oxygens (including phenoxy) is 1. The number of hydrogen-bond donors (Lipinski definition) is 0. The number of benzene rings is 1. The van der Waals surface area contributed by atoms with Crippen molar-refractivity contribution >= 4 is 29.6 Å². The van der Waals surface area contributed by atoms with E-state index in [1.54, 1.807) is 0 Å². The van der Waals surface area contributed by atoms with Crippen molar-refractivity contribution in [3.8, 4) is 5.75 Å². The Morgan fingerprint density at radius 2 is 1.74 bits per heavy atom. The standard InChI is InChI=1S/C19H30Cl2OSi/c1-2-3-5-16-6-8-17(9-7-16)18-10-12-19(13-11-18)22-14-4-15-23(20)21/h10-13,16-17,23H,2-9,14-15H2,1H3. The summed E-state index contributed by atoms with van der Waals surface area (Å²) in [5.41, 5.74) is 1.49. The Morgan fingerprint density at radius 3 is 2.35 bits per heavy atom. The molecule has 0 N–H and O–H groups in total. The van der Waals surface area contributed by atoms with Crippen LogP contribution in [0.1, 0.15) is 69.8 Å². The molecule has 0 aromatic heterocycles. The minimum absolute atomic E-state index is 0.713. The maximum absolute atomic E-state index is 5.85. The van der Waals surface area contributed by atoms with Gasteiger partial charge in [-0.15, -0.1) is 0 Å². The van der Waals surface area contributed by atoms with E-state index in [0.717, 1.165) is 30.1 Å². The Kier molecular flexibility index (Phi) is 8.85. The number of hydrogen-bond acceptors (Lipinski definition) is 1. The zero-order chi connectivity index (χ0) is 16.5. The molecule has 1 aromatic rings. The smallest absolute Gasteiger partial charge is 0.237 e. The molecule has 2 rings (SSSR count). The molecule has 4 heteroatoms. The Labute approximate surface area is 152 Å². The van der Waals surface area contributed by atoms with Gasteiger partial charge < -0.3 is 4.74 Å². The number of halogens is 2.